The summed E-state index contributed by atoms with van der Waals surface area (Å²) in [5, 5.41) is 11.9. The zero-order chi connectivity index (χ0) is 22.2. The Morgan fingerprint density at radius 1 is 1.00 bits per heavy atom. The Kier molecular flexibility index (Phi) is 7.57. The Balaban J connectivity index is 1.59. The van der Waals surface area contributed by atoms with Crippen LogP contribution >= 0.6 is 0 Å². The molecular weight excluding hydrogens is 396 g/mol. The normalized spacial score (nSPS) is 14.3. The first-order valence-electron chi connectivity index (χ1n) is 10.1. The van der Waals surface area contributed by atoms with Crippen LogP contribution in [0.3, 0.4) is 0 Å². The topological polar surface area (TPSA) is 87.1 Å². The lowest BCUT2D eigenvalue weighted by Crippen LogP contribution is -2.36. The van der Waals surface area contributed by atoms with Crippen molar-refractivity contribution < 1.29 is 19.0 Å². The number of carbonyl (C=O) groups excluding carboxylic acids is 1. The summed E-state index contributed by atoms with van der Waals surface area (Å²) in [6, 6.07) is 13.2. The van der Waals surface area contributed by atoms with Crippen molar-refractivity contribution in [2.45, 2.75) is 6.42 Å². The van der Waals surface area contributed by atoms with E-state index in [9.17, 15) is 4.79 Å². The Morgan fingerprint density at radius 2 is 1.68 bits per heavy atom. The summed E-state index contributed by atoms with van der Waals surface area (Å²) in [4.78, 5) is 17.1. The lowest BCUT2D eigenvalue weighted by atomic mass is 10.2. The number of hydrogen-bond acceptors (Lipinski definition) is 7. The molecule has 0 spiro atoms. The minimum absolute atomic E-state index is 0.0962. The molecule has 8 heteroatoms. The highest BCUT2D eigenvalue weighted by Gasteiger charge is 2.19. The summed E-state index contributed by atoms with van der Waals surface area (Å²) < 4.78 is 16.0. The predicted molar refractivity (Wildman–Crippen MR) is 119 cm³/mol. The van der Waals surface area contributed by atoms with E-state index in [0.717, 1.165) is 38.3 Å². The van der Waals surface area contributed by atoms with Crippen LogP contribution in [0.2, 0.25) is 0 Å². The number of methoxy groups -OCH3 is 3. The maximum absolute atomic E-state index is 12.7. The van der Waals surface area contributed by atoms with Gasteiger partial charge in [-0.25, -0.2) is 0 Å². The third-order valence-electron chi connectivity index (χ3n) is 5.27. The number of anilines is 2. The van der Waals surface area contributed by atoms with Crippen LogP contribution in [0.5, 0.6) is 17.2 Å². The maximum atomic E-state index is 12.7. The van der Waals surface area contributed by atoms with E-state index in [-0.39, 0.29) is 5.91 Å². The molecule has 1 saturated heterocycles. The van der Waals surface area contributed by atoms with Gasteiger partial charge in [0.2, 0.25) is 11.7 Å². The third kappa shape index (κ3) is 5.58. The Labute approximate surface area is 182 Å². The van der Waals surface area contributed by atoms with E-state index in [1.807, 2.05) is 24.3 Å². The third-order valence-corrected chi connectivity index (χ3v) is 5.27. The predicted octanol–water partition coefficient (Wildman–Crippen LogP) is 2.73. The van der Waals surface area contributed by atoms with Crippen LogP contribution < -0.4 is 24.4 Å². The van der Waals surface area contributed by atoms with Gasteiger partial charge in [0.15, 0.2) is 11.5 Å². The average Bonchev–Trinajstić information content (AvgIpc) is 3.03. The molecule has 0 atom stereocenters. The van der Waals surface area contributed by atoms with E-state index >= 15 is 0 Å². The van der Waals surface area contributed by atoms with Gasteiger partial charge in [-0.05, 0) is 30.7 Å². The van der Waals surface area contributed by atoms with Crippen molar-refractivity contribution in [3.05, 3.63) is 42.0 Å². The molecule has 31 heavy (non-hydrogen) atoms. The average molecular weight is 425 g/mol. The van der Waals surface area contributed by atoms with Gasteiger partial charge in [0.1, 0.15) is 0 Å². The first kappa shape index (κ1) is 22.2. The zero-order valence-electron chi connectivity index (χ0n) is 18.2. The van der Waals surface area contributed by atoms with Crippen LogP contribution in [0.4, 0.5) is 11.4 Å². The summed E-state index contributed by atoms with van der Waals surface area (Å²) in [6.07, 6.45) is 0.956. The first-order chi connectivity index (χ1) is 15.1. The molecule has 1 fully saturated rings. The summed E-state index contributed by atoms with van der Waals surface area (Å²) in [5.74, 6) is 1.37. The van der Waals surface area contributed by atoms with Crippen LogP contribution in [-0.4, -0.2) is 64.9 Å². The number of rotatable bonds is 7. The monoisotopic (exact) mass is 424 g/mol. The lowest BCUT2D eigenvalue weighted by molar-refractivity contribution is -0.117. The van der Waals surface area contributed by atoms with Crippen molar-refractivity contribution in [2.75, 3.05) is 64.3 Å². The minimum Gasteiger partial charge on any atom is -0.493 e. The second-order valence-corrected chi connectivity index (χ2v) is 7.24. The van der Waals surface area contributed by atoms with Gasteiger partial charge in [-0.2, -0.15) is 5.26 Å². The largest absolute Gasteiger partial charge is 0.493 e. The van der Waals surface area contributed by atoms with Crippen LogP contribution in [0.15, 0.2) is 36.4 Å². The number of amides is 1. The molecule has 0 aromatic heterocycles. The molecule has 0 bridgehead atoms. The number of nitrogens with one attached hydrogen (secondary N) is 1. The molecule has 0 unspecified atom stereocenters. The minimum atomic E-state index is -0.0962. The molecule has 1 aliphatic rings. The number of ether oxygens (including phenoxy) is 3. The smallest absolute Gasteiger partial charge is 0.238 e. The van der Waals surface area contributed by atoms with Crippen molar-refractivity contribution in [1.82, 2.24) is 4.90 Å². The molecule has 3 rings (SSSR count). The van der Waals surface area contributed by atoms with Gasteiger partial charge in [0.25, 0.3) is 0 Å². The van der Waals surface area contributed by atoms with E-state index in [4.69, 9.17) is 19.5 Å². The van der Waals surface area contributed by atoms with Gasteiger partial charge >= 0.3 is 0 Å². The molecule has 0 radical (unpaired) electrons. The van der Waals surface area contributed by atoms with Crippen LogP contribution in [-0.2, 0) is 4.79 Å². The van der Waals surface area contributed by atoms with Crippen molar-refractivity contribution in [3.63, 3.8) is 0 Å². The highest BCUT2D eigenvalue weighted by Crippen LogP contribution is 2.39. The molecular formula is C23H28N4O4. The second-order valence-electron chi connectivity index (χ2n) is 7.24. The van der Waals surface area contributed by atoms with E-state index in [2.05, 4.69) is 21.2 Å². The van der Waals surface area contributed by atoms with Crippen LogP contribution in [0, 0.1) is 11.3 Å². The number of nitriles is 1. The molecule has 0 saturated carbocycles. The van der Waals surface area contributed by atoms with Gasteiger partial charge in [-0.15, -0.1) is 0 Å². The molecule has 1 amide bonds. The summed E-state index contributed by atoms with van der Waals surface area (Å²) in [6.45, 7) is 3.66. The summed E-state index contributed by atoms with van der Waals surface area (Å²) in [7, 11) is 4.62. The highest BCUT2D eigenvalue weighted by atomic mass is 16.5. The van der Waals surface area contributed by atoms with Gasteiger partial charge in [0.05, 0.1) is 39.5 Å². The fraction of sp³-hybridized carbons (Fsp3) is 0.391. The second kappa shape index (κ2) is 10.5. The van der Waals surface area contributed by atoms with Crippen molar-refractivity contribution in [1.29, 1.82) is 5.26 Å². The number of hydrogen-bond donors (Lipinski definition) is 1. The molecule has 0 aliphatic carbocycles. The van der Waals surface area contributed by atoms with Crippen LogP contribution in [0.25, 0.3) is 0 Å². The fourth-order valence-electron chi connectivity index (χ4n) is 3.69. The van der Waals surface area contributed by atoms with E-state index in [1.54, 1.807) is 33.5 Å². The van der Waals surface area contributed by atoms with Crippen molar-refractivity contribution in [3.8, 4) is 23.3 Å². The van der Waals surface area contributed by atoms with Gasteiger partial charge in [0, 0.05) is 49.7 Å². The lowest BCUT2D eigenvalue weighted by Gasteiger charge is -2.23. The number of benzene rings is 2. The molecule has 1 N–H and O–H groups in total. The highest BCUT2D eigenvalue weighted by molar-refractivity contribution is 5.93. The molecule has 1 heterocycles. The van der Waals surface area contributed by atoms with Crippen molar-refractivity contribution in [2.24, 2.45) is 0 Å². The SMILES string of the molecule is COc1cc(NC(=O)CN2CCCN(c3ccc(C#N)cc3)CC2)cc(OC)c1OC. The van der Waals surface area contributed by atoms with E-state index < -0.39 is 0 Å². The standard InChI is InChI=1S/C23H28N4O4/c1-29-20-13-18(14-21(30-2)23(20)31-3)25-22(28)16-26-9-4-10-27(12-11-26)19-7-5-17(15-24)6-8-19/h5-8,13-14H,4,9-12,16H2,1-3H3,(H,25,28). The molecule has 2 aromatic rings. The number of nitrogens with zero attached hydrogens (tertiary/aromatic N) is 3. The Bertz CT molecular complexity index is 915. The van der Waals surface area contributed by atoms with Crippen LogP contribution in [0.1, 0.15) is 12.0 Å². The first-order valence-corrected chi connectivity index (χ1v) is 10.1. The van der Waals surface area contributed by atoms with E-state index in [1.165, 1.54) is 0 Å². The van der Waals surface area contributed by atoms with Gasteiger partial charge in [-0.3, -0.25) is 9.69 Å². The molecule has 8 nitrogen and oxygen atoms in total. The Hall–Kier alpha value is -3.44. The van der Waals surface area contributed by atoms with Gasteiger partial charge in [-0.1, -0.05) is 0 Å². The van der Waals surface area contributed by atoms with Gasteiger partial charge < -0.3 is 24.4 Å². The molecule has 2 aromatic carbocycles. The maximum Gasteiger partial charge on any atom is 0.238 e. The van der Waals surface area contributed by atoms with E-state index in [0.29, 0.717) is 35.0 Å². The summed E-state index contributed by atoms with van der Waals surface area (Å²) >= 11 is 0. The van der Waals surface area contributed by atoms with Crippen molar-refractivity contribution >= 4 is 17.3 Å². The Morgan fingerprint density at radius 3 is 2.26 bits per heavy atom. The quantitative estimate of drug-likeness (QED) is 0.731. The molecule has 1 aliphatic heterocycles. The molecule has 164 valence electrons. The summed E-state index contributed by atoms with van der Waals surface area (Å²) in [5.41, 5.74) is 2.35. The fourth-order valence-corrected chi connectivity index (χ4v) is 3.69. The zero-order valence-corrected chi connectivity index (χ0v) is 18.2. The number of carbonyl (C=O) groups is 1.